The number of carbonyl (C=O) groups excluding carboxylic acids is 1. The number of hydrogen-bond donors (Lipinski definition) is 1. The van der Waals surface area contributed by atoms with Crippen LogP contribution in [0.1, 0.15) is 20.8 Å². The Morgan fingerprint density at radius 1 is 1.44 bits per heavy atom. The average molecular weight is 243 g/mol. The maximum absolute atomic E-state index is 11.3. The van der Waals surface area contributed by atoms with Crippen molar-refractivity contribution in [3.8, 4) is 0 Å². The van der Waals surface area contributed by atoms with Gasteiger partial charge >= 0.3 is 0 Å². The number of piperidine rings is 1. The smallest absolute Gasteiger partial charge is 0.252 e. The summed E-state index contributed by atoms with van der Waals surface area (Å²) in [6.07, 6.45) is -0.199. The van der Waals surface area contributed by atoms with Crippen LogP contribution in [0, 0.1) is 0 Å². The number of rotatable bonds is 2. The molecule has 0 bridgehead atoms. The van der Waals surface area contributed by atoms with Gasteiger partial charge in [0.2, 0.25) is 0 Å². The van der Waals surface area contributed by atoms with Gasteiger partial charge in [0, 0.05) is 6.54 Å². The molecule has 0 saturated carbocycles. The monoisotopic (exact) mass is 243 g/mol. The van der Waals surface area contributed by atoms with Crippen molar-refractivity contribution in [2.45, 2.75) is 57.2 Å². The van der Waals surface area contributed by atoms with E-state index in [1.165, 1.54) is 0 Å². The van der Waals surface area contributed by atoms with Crippen LogP contribution < -0.4 is 5.32 Å². The Labute approximate surface area is 97.8 Å². The van der Waals surface area contributed by atoms with Crippen molar-refractivity contribution in [2.75, 3.05) is 6.54 Å². The van der Waals surface area contributed by atoms with Gasteiger partial charge in [-0.1, -0.05) is 20.8 Å². The molecule has 1 amide bonds. The molecule has 2 rings (SSSR count). The second-order valence-electron chi connectivity index (χ2n) is 6.18. The van der Waals surface area contributed by atoms with Crippen LogP contribution in [0.2, 0.25) is 18.1 Å². The van der Waals surface area contributed by atoms with E-state index in [1.807, 2.05) is 0 Å². The van der Waals surface area contributed by atoms with Gasteiger partial charge in [0.05, 0.1) is 6.10 Å². The number of carbonyl (C=O) groups is 1. The molecular formula is C11H21NO3Si. The van der Waals surface area contributed by atoms with Crippen LogP contribution in [-0.2, 0) is 14.0 Å². The highest BCUT2D eigenvalue weighted by atomic mass is 28.4. The van der Waals surface area contributed by atoms with Crippen LogP contribution in [0.5, 0.6) is 0 Å². The van der Waals surface area contributed by atoms with Crippen LogP contribution in [0.4, 0.5) is 0 Å². The highest BCUT2D eigenvalue weighted by Crippen LogP contribution is 2.40. The molecule has 2 aliphatic rings. The van der Waals surface area contributed by atoms with Gasteiger partial charge in [0.25, 0.3) is 5.91 Å². The highest BCUT2D eigenvalue weighted by Gasteiger charge is 2.55. The van der Waals surface area contributed by atoms with E-state index in [4.69, 9.17) is 9.16 Å². The number of fused-ring (bicyclic) bond motifs is 1. The van der Waals surface area contributed by atoms with E-state index in [-0.39, 0.29) is 29.3 Å². The third-order valence-electron chi connectivity index (χ3n) is 3.88. The Bertz CT molecular complexity index is 311. The van der Waals surface area contributed by atoms with Crippen LogP contribution in [0.3, 0.4) is 0 Å². The average Bonchev–Trinajstić information content (AvgIpc) is 2.87. The first-order valence-corrected chi connectivity index (χ1v) is 8.74. The van der Waals surface area contributed by atoms with Crippen molar-refractivity contribution in [3.05, 3.63) is 0 Å². The summed E-state index contributed by atoms with van der Waals surface area (Å²) in [7, 11) is -1.76. The Hall–Kier alpha value is -0.393. The fourth-order valence-electron chi connectivity index (χ4n) is 1.70. The maximum Gasteiger partial charge on any atom is 0.252 e. The first-order chi connectivity index (χ1) is 7.22. The van der Waals surface area contributed by atoms with Crippen molar-refractivity contribution in [3.63, 3.8) is 0 Å². The molecule has 16 heavy (non-hydrogen) atoms. The summed E-state index contributed by atoms with van der Waals surface area (Å²) in [5.41, 5.74) is 0. The van der Waals surface area contributed by atoms with Crippen molar-refractivity contribution >= 4 is 14.2 Å². The molecule has 0 spiro atoms. The van der Waals surface area contributed by atoms with Crippen LogP contribution >= 0.6 is 0 Å². The summed E-state index contributed by atoms with van der Waals surface area (Å²) in [6, 6.07) is 0. The van der Waals surface area contributed by atoms with Crippen LogP contribution in [-0.4, -0.2) is 39.1 Å². The zero-order chi connectivity index (χ0) is 12.1. The zero-order valence-electron chi connectivity index (χ0n) is 10.7. The Balaban J connectivity index is 1.99. The molecular weight excluding hydrogens is 222 g/mol. The van der Waals surface area contributed by atoms with E-state index in [9.17, 15) is 4.79 Å². The third kappa shape index (κ3) is 2.03. The molecule has 2 heterocycles. The van der Waals surface area contributed by atoms with Gasteiger partial charge in [0.1, 0.15) is 6.10 Å². The topological polar surface area (TPSA) is 50.9 Å². The molecule has 2 aliphatic heterocycles. The van der Waals surface area contributed by atoms with Crippen LogP contribution in [0.15, 0.2) is 0 Å². The van der Waals surface area contributed by atoms with Crippen molar-refractivity contribution in [2.24, 2.45) is 0 Å². The Kier molecular flexibility index (Phi) is 2.68. The normalized spacial score (nSPS) is 34.3. The lowest BCUT2D eigenvalue weighted by Crippen LogP contribution is -2.52. The van der Waals surface area contributed by atoms with Gasteiger partial charge in [-0.2, -0.15) is 0 Å². The van der Waals surface area contributed by atoms with Gasteiger partial charge in [0.15, 0.2) is 14.4 Å². The van der Waals surface area contributed by atoms with Gasteiger partial charge < -0.3 is 14.5 Å². The third-order valence-corrected chi connectivity index (χ3v) is 8.38. The van der Waals surface area contributed by atoms with E-state index >= 15 is 0 Å². The largest absolute Gasteiger partial charge is 0.409 e. The molecule has 92 valence electrons. The van der Waals surface area contributed by atoms with Crippen molar-refractivity contribution in [1.82, 2.24) is 5.32 Å². The molecule has 5 heteroatoms. The first-order valence-electron chi connectivity index (χ1n) is 5.83. The predicted octanol–water partition coefficient (Wildman–Crippen LogP) is 1.27. The Morgan fingerprint density at radius 2 is 2.06 bits per heavy atom. The number of nitrogens with one attached hydrogen (secondary N) is 1. The molecule has 2 saturated heterocycles. The Morgan fingerprint density at radius 3 is 2.62 bits per heavy atom. The molecule has 0 aromatic heterocycles. The molecule has 0 unspecified atom stereocenters. The van der Waals surface area contributed by atoms with Gasteiger partial charge in [-0.25, -0.2) is 0 Å². The SMILES string of the molecule is CC(C)(C)[Si](C)(C)O[C@H]1CNC(=O)[C@@H]2O[C@H]12. The lowest BCUT2D eigenvalue weighted by atomic mass is 10.1. The molecule has 0 aromatic carbocycles. The molecule has 0 aromatic rings. The molecule has 3 atom stereocenters. The highest BCUT2D eigenvalue weighted by molar-refractivity contribution is 6.74. The summed E-state index contributed by atoms with van der Waals surface area (Å²) in [5, 5.41) is 3.02. The molecule has 0 aliphatic carbocycles. The lowest BCUT2D eigenvalue weighted by molar-refractivity contribution is -0.123. The second-order valence-corrected chi connectivity index (χ2v) is 10.9. The predicted molar refractivity (Wildman–Crippen MR) is 63.7 cm³/mol. The van der Waals surface area contributed by atoms with E-state index in [2.05, 4.69) is 39.2 Å². The van der Waals surface area contributed by atoms with Gasteiger partial charge in [-0.15, -0.1) is 0 Å². The van der Waals surface area contributed by atoms with Gasteiger partial charge in [-0.05, 0) is 18.1 Å². The summed E-state index contributed by atoms with van der Waals surface area (Å²) >= 11 is 0. The second kappa shape index (κ2) is 3.55. The minimum atomic E-state index is -1.76. The minimum absolute atomic E-state index is 0.00266. The quantitative estimate of drug-likeness (QED) is 0.587. The lowest BCUT2D eigenvalue weighted by Gasteiger charge is -2.39. The summed E-state index contributed by atoms with van der Waals surface area (Å²) in [5.74, 6) is 0.0140. The fourth-order valence-corrected chi connectivity index (χ4v) is 3.03. The van der Waals surface area contributed by atoms with E-state index in [1.54, 1.807) is 0 Å². The number of ether oxygens (including phenoxy) is 1. The molecule has 4 nitrogen and oxygen atoms in total. The molecule has 2 fully saturated rings. The fraction of sp³-hybridized carbons (Fsp3) is 0.909. The van der Waals surface area contributed by atoms with E-state index in [0.717, 1.165) is 0 Å². The summed E-state index contributed by atoms with van der Waals surface area (Å²) in [4.78, 5) is 11.3. The number of amides is 1. The standard InChI is InChI=1S/C11H21NO3Si/c1-11(2,3)16(4,5)15-7-6-12-10(13)9-8(7)14-9/h7-9H,6H2,1-5H3,(H,12,13)/t7-,8+,9+/m0/s1. The first kappa shape index (κ1) is 12.1. The zero-order valence-corrected chi connectivity index (χ0v) is 11.7. The maximum atomic E-state index is 11.3. The molecule has 1 N–H and O–H groups in total. The number of epoxide rings is 1. The molecule has 0 radical (unpaired) electrons. The van der Waals surface area contributed by atoms with Crippen LogP contribution in [0.25, 0.3) is 0 Å². The number of hydrogen-bond acceptors (Lipinski definition) is 3. The summed E-state index contributed by atoms with van der Waals surface area (Å²) < 4.78 is 11.6. The van der Waals surface area contributed by atoms with Crippen molar-refractivity contribution < 1.29 is 14.0 Å². The van der Waals surface area contributed by atoms with Crippen molar-refractivity contribution in [1.29, 1.82) is 0 Å². The minimum Gasteiger partial charge on any atom is -0.409 e. The summed E-state index contributed by atoms with van der Waals surface area (Å²) in [6.45, 7) is 11.7. The van der Waals surface area contributed by atoms with E-state index < -0.39 is 8.32 Å². The van der Waals surface area contributed by atoms with E-state index in [0.29, 0.717) is 6.54 Å². The van der Waals surface area contributed by atoms with Gasteiger partial charge in [-0.3, -0.25) is 4.79 Å².